The highest BCUT2D eigenvalue weighted by molar-refractivity contribution is 9.10. The second kappa shape index (κ2) is 5.13. The molecule has 1 aromatic rings. The third-order valence-corrected chi connectivity index (χ3v) is 3.68. The van der Waals surface area contributed by atoms with E-state index in [9.17, 15) is 4.79 Å². The number of benzene rings is 1. The summed E-state index contributed by atoms with van der Waals surface area (Å²) in [6.45, 7) is 4.07. The summed E-state index contributed by atoms with van der Waals surface area (Å²) >= 11 is 3.47. The van der Waals surface area contributed by atoms with Crippen LogP contribution in [0.2, 0.25) is 0 Å². The first-order chi connectivity index (χ1) is 8.78. The van der Waals surface area contributed by atoms with Gasteiger partial charge >= 0.3 is 5.97 Å². The smallest absolute Gasteiger partial charge is 0.303 e. The van der Waals surface area contributed by atoms with Crippen molar-refractivity contribution in [3.8, 4) is 5.75 Å². The molecule has 0 aliphatic carbocycles. The maximum atomic E-state index is 10.6. The van der Waals surface area contributed by atoms with Crippen molar-refractivity contribution >= 4 is 21.9 Å². The Morgan fingerprint density at radius 3 is 2.89 bits per heavy atom. The van der Waals surface area contributed by atoms with E-state index in [2.05, 4.69) is 15.9 Å². The molecule has 0 saturated carbocycles. The predicted octanol–water partition coefficient (Wildman–Crippen LogP) is 3.03. The SMILES string of the molecule is CC1(C)Cc2cc(Br)cc(C(N)CCC(=O)O)c2O1. The van der Waals surface area contributed by atoms with Gasteiger partial charge in [-0.3, -0.25) is 4.79 Å². The van der Waals surface area contributed by atoms with E-state index in [-0.39, 0.29) is 18.1 Å². The van der Waals surface area contributed by atoms with Crippen LogP contribution < -0.4 is 10.5 Å². The molecule has 1 aliphatic rings. The molecule has 0 aromatic heterocycles. The normalized spacial score (nSPS) is 17.7. The third kappa shape index (κ3) is 3.28. The molecule has 0 amide bonds. The maximum Gasteiger partial charge on any atom is 0.303 e. The van der Waals surface area contributed by atoms with E-state index in [0.29, 0.717) is 6.42 Å². The summed E-state index contributed by atoms with van der Waals surface area (Å²) in [4.78, 5) is 10.6. The summed E-state index contributed by atoms with van der Waals surface area (Å²) in [7, 11) is 0. The van der Waals surface area contributed by atoms with Crippen LogP contribution in [-0.2, 0) is 11.2 Å². The van der Waals surface area contributed by atoms with E-state index < -0.39 is 5.97 Å². The molecular formula is C14H18BrNO3. The van der Waals surface area contributed by atoms with E-state index in [0.717, 1.165) is 27.8 Å². The molecular weight excluding hydrogens is 310 g/mol. The highest BCUT2D eigenvalue weighted by Gasteiger charge is 2.33. The summed E-state index contributed by atoms with van der Waals surface area (Å²) in [6.07, 6.45) is 1.30. The lowest BCUT2D eigenvalue weighted by Gasteiger charge is -2.20. The number of rotatable bonds is 4. The monoisotopic (exact) mass is 327 g/mol. The van der Waals surface area contributed by atoms with Gasteiger partial charge in [0.15, 0.2) is 0 Å². The molecule has 0 radical (unpaired) electrons. The number of carboxylic acid groups (broad SMARTS) is 1. The van der Waals surface area contributed by atoms with Gasteiger partial charge in [0, 0.05) is 28.9 Å². The molecule has 1 aliphatic heterocycles. The predicted molar refractivity (Wildman–Crippen MR) is 76.4 cm³/mol. The van der Waals surface area contributed by atoms with Crippen LogP contribution in [0, 0.1) is 0 Å². The van der Waals surface area contributed by atoms with Crippen molar-refractivity contribution in [2.24, 2.45) is 5.73 Å². The molecule has 0 spiro atoms. The molecule has 19 heavy (non-hydrogen) atoms. The lowest BCUT2D eigenvalue weighted by Crippen LogP contribution is -2.25. The Bertz CT molecular complexity index is 514. The molecule has 1 atom stereocenters. The maximum absolute atomic E-state index is 10.6. The van der Waals surface area contributed by atoms with Crippen molar-refractivity contribution < 1.29 is 14.6 Å². The van der Waals surface area contributed by atoms with Gasteiger partial charge in [-0.15, -0.1) is 0 Å². The fourth-order valence-corrected chi connectivity index (χ4v) is 2.93. The summed E-state index contributed by atoms with van der Waals surface area (Å²) in [5.74, 6) is -0.00516. The Morgan fingerprint density at radius 1 is 1.58 bits per heavy atom. The number of halogens is 1. The third-order valence-electron chi connectivity index (χ3n) is 3.22. The molecule has 2 rings (SSSR count). The standard InChI is InChI=1S/C14H18BrNO3/c1-14(2)7-8-5-9(15)6-10(13(8)19-14)11(16)3-4-12(17)18/h5-6,11H,3-4,7,16H2,1-2H3,(H,17,18). The van der Waals surface area contributed by atoms with Gasteiger partial charge in [-0.2, -0.15) is 0 Å². The molecule has 3 N–H and O–H groups in total. The van der Waals surface area contributed by atoms with E-state index in [4.69, 9.17) is 15.6 Å². The number of carbonyl (C=O) groups is 1. The van der Waals surface area contributed by atoms with Crippen molar-refractivity contribution in [2.45, 2.75) is 44.8 Å². The van der Waals surface area contributed by atoms with Crippen LogP contribution in [0.1, 0.15) is 43.9 Å². The van der Waals surface area contributed by atoms with Crippen molar-refractivity contribution in [1.29, 1.82) is 0 Å². The van der Waals surface area contributed by atoms with Gasteiger partial charge in [-0.25, -0.2) is 0 Å². The number of ether oxygens (including phenoxy) is 1. The van der Waals surface area contributed by atoms with Gasteiger partial charge in [-0.1, -0.05) is 15.9 Å². The van der Waals surface area contributed by atoms with Crippen molar-refractivity contribution in [2.75, 3.05) is 0 Å². The molecule has 1 unspecified atom stereocenters. The van der Waals surface area contributed by atoms with Crippen LogP contribution >= 0.6 is 15.9 Å². The van der Waals surface area contributed by atoms with E-state index in [1.807, 2.05) is 26.0 Å². The fourth-order valence-electron chi connectivity index (χ4n) is 2.41. The first kappa shape index (κ1) is 14.3. The molecule has 4 nitrogen and oxygen atoms in total. The van der Waals surface area contributed by atoms with Gasteiger partial charge in [0.05, 0.1) is 0 Å². The molecule has 104 valence electrons. The number of nitrogens with two attached hydrogens (primary N) is 1. The van der Waals surface area contributed by atoms with Gasteiger partial charge in [0.2, 0.25) is 0 Å². The molecule has 5 heteroatoms. The zero-order chi connectivity index (χ0) is 14.2. The Labute approximate surface area is 121 Å². The minimum absolute atomic E-state index is 0.0614. The van der Waals surface area contributed by atoms with Crippen molar-refractivity contribution in [3.63, 3.8) is 0 Å². The van der Waals surface area contributed by atoms with Gasteiger partial charge in [0.1, 0.15) is 11.4 Å². The lowest BCUT2D eigenvalue weighted by atomic mass is 9.97. The second-order valence-corrected chi connectivity index (χ2v) is 6.48. The number of hydrogen-bond acceptors (Lipinski definition) is 3. The Balaban J connectivity index is 2.29. The summed E-state index contributed by atoms with van der Waals surface area (Å²) < 4.78 is 6.91. The van der Waals surface area contributed by atoms with Gasteiger partial charge in [0.25, 0.3) is 0 Å². The average molecular weight is 328 g/mol. The molecule has 0 saturated heterocycles. The highest BCUT2D eigenvalue weighted by Crippen LogP contribution is 2.42. The number of aliphatic carboxylic acids is 1. The quantitative estimate of drug-likeness (QED) is 0.891. The number of carboxylic acids is 1. The molecule has 1 heterocycles. The average Bonchev–Trinajstić information content (AvgIpc) is 2.58. The first-order valence-electron chi connectivity index (χ1n) is 6.27. The van der Waals surface area contributed by atoms with E-state index >= 15 is 0 Å². The largest absolute Gasteiger partial charge is 0.487 e. The molecule has 1 aromatic carbocycles. The summed E-state index contributed by atoms with van der Waals surface area (Å²) in [5, 5.41) is 8.74. The molecule has 0 bridgehead atoms. The minimum atomic E-state index is -0.830. The fraction of sp³-hybridized carbons (Fsp3) is 0.500. The van der Waals surface area contributed by atoms with E-state index in [1.165, 1.54) is 0 Å². The van der Waals surface area contributed by atoms with Crippen LogP contribution in [-0.4, -0.2) is 16.7 Å². The Kier molecular flexibility index (Phi) is 3.87. The first-order valence-corrected chi connectivity index (χ1v) is 7.06. The zero-order valence-electron chi connectivity index (χ0n) is 11.1. The van der Waals surface area contributed by atoms with Crippen molar-refractivity contribution in [1.82, 2.24) is 0 Å². The zero-order valence-corrected chi connectivity index (χ0v) is 12.7. The van der Waals surface area contributed by atoms with Crippen molar-refractivity contribution in [3.05, 3.63) is 27.7 Å². The number of fused-ring (bicyclic) bond motifs is 1. The summed E-state index contributed by atoms with van der Waals surface area (Å²) in [5.41, 5.74) is 7.89. The van der Waals surface area contributed by atoms with E-state index in [1.54, 1.807) is 0 Å². The van der Waals surface area contributed by atoms with Crippen LogP contribution in [0.15, 0.2) is 16.6 Å². The lowest BCUT2D eigenvalue weighted by molar-refractivity contribution is -0.137. The van der Waals surface area contributed by atoms with Crippen LogP contribution in [0.3, 0.4) is 0 Å². The minimum Gasteiger partial charge on any atom is -0.487 e. The van der Waals surface area contributed by atoms with Crippen LogP contribution in [0.4, 0.5) is 0 Å². The van der Waals surface area contributed by atoms with Crippen LogP contribution in [0.5, 0.6) is 5.75 Å². The Hall–Kier alpha value is -1.07. The second-order valence-electron chi connectivity index (χ2n) is 5.56. The topological polar surface area (TPSA) is 72.6 Å². The highest BCUT2D eigenvalue weighted by atomic mass is 79.9. The van der Waals surface area contributed by atoms with Gasteiger partial charge in [-0.05, 0) is 38.0 Å². The molecule has 0 fully saturated rings. The van der Waals surface area contributed by atoms with Crippen LogP contribution in [0.25, 0.3) is 0 Å². The Morgan fingerprint density at radius 2 is 2.26 bits per heavy atom. The summed E-state index contributed by atoms with van der Waals surface area (Å²) in [6, 6.07) is 3.64. The number of hydrogen-bond donors (Lipinski definition) is 2. The van der Waals surface area contributed by atoms with Gasteiger partial charge < -0.3 is 15.6 Å².